The topological polar surface area (TPSA) is 39.2 Å². The first-order chi connectivity index (χ1) is 10.1. The molecule has 0 unspecified atom stereocenters. The summed E-state index contributed by atoms with van der Waals surface area (Å²) in [4.78, 5) is 16.6. The molecule has 3 nitrogen and oxygen atoms in total. The lowest BCUT2D eigenvalue weighted by molar-refractivity contribution is -0.151. The van der Waals surface area contributed by atoms with Gasteiger partial charge in [0.1, 0.15) is 6.10 Å². The number of nitrogens with zero attached hydrogens (tertiary/aromatic N) is 1. The fourth-order valence-electron chi connectivity index (χ4n) is 2.35. The number of ether oxygens (including phenoxy) is 1. The molecular weight excluding hydrogens is 282 g/mol. The number of hydrogen-bond donors (Lipinski definition) is 0. The van der Waals surface area contributed by atoms with Gasteiger partial charge in [0.05, 0.1) is 16.6 Å². The van der Waals surface area contributed by atoms with Gasteiger partial charge in [-0.15, -0.1) is 11.3 Å². The predicted molar refractivity (Wildman–Crippen MR) is 87.2 cm³/mol. The molecule has 2 rings (SSSR count). The van der Waals surface area contributed by atoms with Gasteiger partial charge in [0.25, 0.3) is 0 Å². The molecule has 0 N–H and O–H groups in total. The van der Waals surface area contributed by atoms with Gasteiger partial charge in [0, 0.05) is 11.8 Å². The van der Waals surface area contributed by atoms with Crippen molar-refractivity contribution in [2.45, 2.75) is 52.6 Å². The van der Waals surface area contributed by atoms with E-state index in [1.54, 1.807) is 11.3 Å². The monoisotopic (exact) mass is 305 g/mol. The molecular formula is C17H23NO2S. The van der Waals surface area contributed by atoms with E-state index < -0.39 is 0 Å². The largest absolute Gasteiger partial charge is 0.457 e. The van der Waals surface area contributed by atoms with Gasteiger partial charge in [-0.05, 0) is 44.8 Å². The van der Waals surface area contributed by atoms with Gasteiger partial charge in [-0.2, -0.15) is 0 Å². The van der Waals surface area contributed by atoms with Gasteiger partial charge in [-0.25, -0.2) is 4.98 Å². The van der Waals surface area contributed by atoms with Crippen molar-refractivity contribution in [1.82, 2.24) is 4.98 Å². The van der Waals surface area contributed by atoms with Crippen LogP contribution in [0.25, 0.3) is 6.08 Å². The molecule has 1 aliphatic rings. The minimum atomic E-state index is -0.184. The summed E-state index contributed by atoms with van der Waals surface area (Å²) in [5, 5.41) is 3.07. The van der Waals surface area contributed by atoms with Crippen molar-refractivity contribution in [1.29, 1.82) is 0 Å². The highest BCUT2D eigenvalue weighted by Gasteiger charge is 2.21. The molecule has 0 spiro atoms. The molecule has 1 aromatic rings. The third-order valence-corrected chi connectivity index (χ3v) is 4.50. The third-order valence-electron chi connectivity index (χ3n) is 3.71. The Hall–Kier alpha value is -1.42. The van der Waals surface area contributed by atoms with E-state index in [1.165, 1.54) is 0 Å². The Morgan fingerprint density at radius 3 is 3.00 bits per heavy atom. The van der Waals surface area contributed by atoms with Gasteiger partial charge in [-0.1, -0.05) is 19.1 Å². The van der Waals surface area contributed by atoms with Gasteiger partial charge >= 0.3 is 5.97 Å². The van der Waals surface area contributed by atoms with Crippen molar-refractivity contribution in [2.75, 3.05) is 0 Å². The summed E-state index contributed by atoms with van der Waals surface area (Å²) >= 11 is 1.63. The molecule has 0 amide bonds. The fraction of sp³-hybridized carbons (Fsp3) is 0.529. The standard InChI is InChI=1S/C17H23NO2S/c1-12-8-6-4-5-7-9-16(20-17(12)19)13(2)10-15-11-21-14(3)18-15/h5,7,10-12,16H,4,6,8-9H2,1-3H3/b7-5-,13-10+/t12-,16-/m0/s1. The van der Waals surface area contributed by atoms with Crippen LogP contribution in [0.1, 0.15) is 50.2 Å². The number of aromatic nitrogens is 1. The van der Waals surface area contributed by atoms with Crippen molar-refractivity contribution >= 4 is 23.4 Å². The Labute approximate surface area is 130 Å². The predicted octanol–water partition coefficient (Wildman–Crippen LogP) is 4.53. The summed E-state index contributed by atoms with van der Waals surface area (Å²) in [7, 11) is 0. The van der Waals surface area contributed by atoms with Crippen LogP contribution in [0.2, 0.25) is 0 Å². The normalized spacial score (nSPS) is 26.2. The van der Waals surface area contributed by atoms with Crippen LogP contribution < -0.4 is 0 Å². The average Bonchev–Trinajstić information content (AvgIpc) is 2.85. The second-order valence-electron chi connectivity index (χ2n) is 5.64. The first-order valence-electron chi connectivity index (χ1n) is 7.52. The Balaban J connectivity index is 2.14. The van der Waals surface area contributed by atoms with Gasteiger partial charge in [0.15, 0.2) is 0 Å². The lowest BCUT2D eigenvalue weighted by Gasteiger charge is -2.21. The third kappa shape index (κ3) is 4.81. The lowest BCUT2D eigenvalue weighted by atomic mass is 10.0. The molecule has 21 heavy (non-hydrogen) atoms. The van der Waals surface area contributed by atoms with Crippen LogP contribution in [0.5, 0.6) is 0 Å². The molecule has 0 aliphatic carbocycles. The molecule has 2 atom stereocenters. The minimum Gasteiger partial charge on any atom is -0.457 e. The van der Waals surface area contributed by atoms with Crippen LogP contribution in [-0.2, 0) is 9.53 Å². The number of allylic oxidation sites excluding steroid dienone is 1. The van der Waals surface area contributed by atoms with E-state index in [4.69, 9.17) is 4.74 Å². The highest BCUT2D eigenvalue weighted by Crippen LogP contribution is 2.21. The van der Waals surface area contributed by atoms with E-state index in [0.29, 0.717) is 0 Å². The number of thiazole rings is 1. The SMILES string of the molecule is C/C(=C\c1csc(C)n1)[C@@H]1C/C=C\CCC[C@H](C)C(=O)O1. The number of hydrogen-bond acceptors (Lipinski definition) is 4. The van der Waals surface area contributed by atoms with Gasteiger partial charge in [-0.3, -0.25) is 4.79 Å². The Kier molecular flexibility index (Phi) is 5.74. The molecule has 4 heteroatoms. The van der Waals surface area contributed by atoms with E-state index in [0.717, 1.165) is 42.0 Å². The molecule has 0 radical (unpaired) electrons. The molecule has 0 aromatic carbocycles. The summed E-state index contributed by atoms with van der Waals surface area (Å²) in [6.45, 7) is 5.95. The van der Waals surface area contributed by atoms with Crippen LogP contribution >= 0.6 is 11.3 Å². The highest BCUT2D eigenvalue weighted by molar-refractivity contribution is 7.09. The second kappa shape index (κ2) is 7.55. The first kappa shape index (κ1) is 16.0. The van der Waals surface area contributed by atoms with Crippen LogP contribution in [0.15, 0.2) is 23.1 Å². The van der Waals surface area contributed by atoms with E-state index in [2.05, 4.69) is 17.1 Å². The molecule has 0 saturated heterocycles. The number of carbonyl (C=O) groups excluding carboxylic acids is 1. The van der Waals surface area contributed by atoms with Crippen molar-refractivity contribution in [3.05, 3.63) is 33.8 Å². The summed E-state index contributed by atoms with van der Waals surface area (Å²) in [6.07, 6.45) is 9.87. The maximum atomic E-state index is 12.1. The molecule has 1 aliphatic heterocycles. The smallest absolute Gasteiger partial charge is 0.309 e. The van der Waals surface area contributed by atoms with E-state index in [1.807, 2.05) is 32.2 Å². The zero-order chi connectivity index (χ0) is 15.2. The van der Waals surface area contributed by atoms with E-state index >= 15 is 0 Å². The van der Waals surface area contributed by atoms with Crippen molar-refractivity contribution < 1.29 is 9.53 Å². The van der Waals surface area contributed by atoms with E-state index in [9.17, 15) is 4.79 Å². The number of aryl methyl sites for hydroxylation is 1. The van der Waals surface area contributed by atoms with E-state index in [-0.39, 0.29) is 18.0 Å². The van der Waals surface area contributed by atoms with Crippen LogP contribution in [0, 0.1) is 12.8 Å². The summed E-state index contributed by atoms with van der Waals surface area (Å²) in [6, 6.07) is 0. The maximum Gasteiger partial charge on any atom is 0.309 e. The maximum absolute atomic E-state index is 12.1. The minimum absolute atomic E-state index is 0.0201. The summed E-state index contributed by atoms with van der Waals surface area (Å²) in [5.41, 5.74) is 1.99. The number of esters is 1. The zero-order valence-electron chi connectivity index (χ0n) is 13.0. The summed E-state index contributed by atoms with van der Waals surface area (Å²) < 4.78 is 5.70. The first-order valence-corrected chi connectivity index (χ1v) is 8.40. The van der Waals surface area contributed by atoms with Gasteiger partial charge < -0.3 is 4.74 Å². The molecule has 0 saturated carbocycles. The number of cyclic esters (lactones) is 1. The quantitative estimate of drug-likeness (QED) is 0.595. The summed E-state index contributed by atoms with van der Waals surface area (Å²) in [5.74, 6) is -0.106. The van der Waals surface area contributed by atoms with Gasteiger partial charge in [0.2, 0.25) is 0 Å². The fourth-order valence-corrected chi connectivity index (χ4v) is 2.92. The van der Waals surface area contributed by atoms with Crippen molar-refractivity contribution in [2.24, 2.45) is 5.92 Å². The van der Waals surface area contributed by atoms with Crippen LogP contribution in [-0.4, -0.2) is 17.1 Å². The second-order valence-corrected chi connectivity index (χ2v) is 6.71. The molecule has 0 fully saturated rings. The molecule has 2 heterocycles. The number of carbonyl (C=O) groups is 1. The van der Waals surface area contributed by atoms with Crippen LogP contribution in [0.3, 0.4) is 0 Å². The Morgan fingerprint density at radius 2 is 2.29 bits per heavy atom. The van der Waals surface area contributed by atoms with Crippen molar-refractivity contribution in [3.63, 3.8) is 0 Å². The molecule has 0 bridgehead atoms. The Morgan fingerprint density at radius 1 is 1.48 bits per heavy atom. The van der Waals surface area contributed by atoms with Crippen LogP contribution in [0.4, 0.5) is 0 Å². The zero-order valence-corrected chi connectivity index (χ0v) is 13.8. The Bertz CT molecular complexity index is 545. The van der Waals surface area contributed by atoms with Crippen molar-refractivity contribution in [3.8, 4) is 0 Å². The number of rotatable bonds is 2. The molecule has 1 aromatic heterocycles. The lowest BCUT2D eigenvalue weighted by Crippen LogP contribution is -2.24. The highest BCUT2D eigenvalue weighted by atomic mass is 32.1. The average molecular weight is 305 g/mol. The molecule has 114 valence electrons.